The van der Waals surface area contributed by atoms with Crippen LogP contribution in [0.5, 0.6) is 0 Å². The average molecular weight is 218 g/mol. The summed E-state index contributed by atoms with van der Waals surface area (Å²) in [4.78, 5) is 0. The summed E-state index contributed by atoms with van der Waals surface area (Å²) in [6.45, 7) is 8.77. The van der Waals surface area contributed by atoms with E-state index in [1.165, 1.54) is 23.2 Å². The summed E-state index contributed by atoms with van der Waals surface area (Å²) in [5, 5.41) is 7.10. The van der Waals surface area contributed by atoms with E-state index in [2.05, 4.69) is 49.6 Å². The van der Waals surface area contributed by atoms with Crippen LogP contribution >= 0.6 is 0 Å². The van der Waals surface area contributed by atoms with E-state index in [1.54, 1.807) is 0 Å². The van der Waals surface area contributed by atoms with E-state index >= 15 is 0 Å². The van der Waals surface area contributed by atoms with Crippen molar-refractivity contribution in [1.29, 1.82) is 0 Å². The fraction of sp³-hybridized carbons (Fsp3) is 0.571. The van der Waals surface area contributed by atoms with E-state index in [9.17, 15) is 0 Å². The average Bonchev–Trinajstić information content (AvgIpc) is 2.75. The standard InChI is InChI=1S/C14H22N2/c1-4-14(2,3)16-10-12-7-5-6-11-8-9-15-13(11)12/h5-7,15-16H,4,8-10H2,1-3H3. The Bertz CT molecular complexity index is 369. The van der Waals surface area contributed by atoms with Gasteiger partial charge < -0.3 is 10.6 Å². The molecular weight excluding hydrogens is 196 g/mol. The van der Waals surface area contributed by atoms with E-state index in [4.69, 9.17) is 0 Å². The molecule has 1 aliphatic rings. The number of anilines is 1. The molecule has 0 saturated carbocycles. The van der Waals surface area contributed by atoms with Crippen molar-refractivity contribution in [3.8, 4) is 0 Å². The Morgan fingerprint density at radius 2 is 2.19 bits per heavy atom. The molecule has 0 saturated heterocycles. The van der Waals surface area contributed by atoms with E-state index in [0.29, 0.717) is 0 Å². The van der Waals surface area contributed by atoms with Crippen LogP contribution in [0.1, 0.15) is 38.3 Å². The van der Waals surface area contributed by atoms with Crippen LogP contribution in [-0.4, -0.2) is 12.1 Å². The van der Waals surface area contributed by atoms with Gasteiger partial charge in [0.25, 0.3) is 0 Å². The molecule has 1 aromatic rings. The zero-order valence-corrected chi connectivity index (χ0v) is 10.6. The van der Waals surface area contributed by atoms with E-state index < -0.39 is 0 Å². The van der Waals surface area contributed by atoms with E-state index in [-0.39, 0.29) is 5.54 Å². The summed E-state index contributed by atoms with van der Waals surface area (Å²) in [6.07, 6.45) is 2.32. The van der Waals surface area contributed by atoms with Gasteiger partial charge in [0, 0.05) is 24.3 Å². The topological polar surface area (TPSA) is 24.1 Å². The van der Waals surface area contributed by atoms with Gasteiger partial charge in [-0.15, -0.1) is 0 Å². The third-order valence-electron chi connectivity index (χ3n) is 3.57. The van der Waals surface area contributed by atoms with Gasteiger partial charge in [0.1, 0.15) is 0 Å². The van der Waals surface area contributed by atoms with E-state index in [0.717, 1.165) is 19.5 Å². The molecule has 0 amide bonds. The highest BCUT2D eigenvalue weighted by Gasteiger charge is 2.17. The summed E-state index contributed by atoms with van der Waals surface area (Å²) in [7, 11) is 0. The molecule has 16 heavy (non-hydrogen) atoms. The second-order valence-electron chi connectivity index (χ2n) is 5.22. The Labute approximate surface area is 98.4 Å². The molecule has 0 unspecified atom stereocenters. The quantitative estimate of drug-likeness (QED) is 0.812. The Morgan fingerprint density at radius 3 is 2.94 bits per heavy atom. The molecule has 0 spiro atoms. The van der Waals surface area contributed by atoms with Gasteiger partial charge in [-0.3, -0.25) is 0 Å². The zero-order valence-electron chi connectivity index (χ0n) is 10.6. The fourth-order valence-corrected chi connectivity index (χ4v) is 2.02. The third kappa shape index (κ3) is 2.38. The predicted octanol–water partition coefficient (Wildman–Crippen LogP) is 2.93. The van der Waals surface area contributed by atoms with Crippen molar-refractivity contribution in [1.82, 2.24) is 5.32 Å². The first-order valence-corrected chi connectivity index (χ1v) is 6.22. The van der Waals surface area contributed by atoms with Crippen molar-refractivity contribution >= 4 is 5.69 Å². The lowest BCUT2D eigenvalue weighted by atomic mass is 10.0. The molecular formula is C14H22N2. The van der Waals surface area contributed by atoms with Gasteiger partial charge in [0.15, 0.2) is 0 Å². The largest absolute Gasteiger partial charge is 0.384 e. The number of nitrogens with one attached hydrogen (secondary N) is 2. The number of para-hydroxylation sites is 1. The minimum Gasteiger partial charge on any atom is -0.384 e. The van der Waals surface area contributed by atoms with Crippen molar-refractivity contribution in [3.63, 3.8) is 0 Å². The maximum absolute atomic E-state index is 3.61. The highest BCUT2D eigenvalue weighted by molar-refractivity contribution is 5.61. The van der Waals surface area contributed by atoms with Gasteiger partial charge >= 0.3 is 0 Å². The van der Waals surface area contributed by atoms with Gasteiger partial charge in [-0.1, -0.05) is 25.1 Å². The predicted molar refractivity (Wildman–Crippen MR) is 69.8 cm³/mol. The third-order valence-corrected chi connectivity index (χ3v) is 3.57. The van der Waals surface area contributed by atoms with Crippen molar-refractivity contribution in [2.24, 2.45) is 0 Å². The summed E-state index contributed by atoms with van der Waals surface area (Å²) >= 11 is 0. The molecule has 0 fully saturated rings. The molecule has 0 bridgehead atoms. The molecule has 1 aliphatic heterocycles. The highest BCUT2D eigenvalue weighted by atomic mass is 15.0. The minimum atomic E-state index is 0.224. The molecule has 0 aromatic heterocycles. The highest BCUT2D eigenvalue weighted by Crippen LogP contribution is 2.26. The van der Waals surface area contributed by atoms with E-state index in [1.807, 2.05) is 0 Å². The lowest BCUT2D eigenvalue weighted by Gasteiger charge is -2.25. The Balaban J connectivity index is 2.08. The van der Waals surface area contributed by atoms with Crippen LogP contribution in [0.25, 0.3) is 0 Å². The van der Waals surface area contributed by atoms with Crippen LogP contribution in [-0.2, 0) is 13.0 Å². The molecule has 1 heterocycles. The summed E-state index contributed by atoms with van der Waals surface area (Å²) in [6, 6.07) is 6.61. The van der Waals surface area contributed by atoms with Crippen LogP contribution in [0.15, 0.2) is 18.2 Å². The SMILES string of the molecule is CCC(C)(C)NCc1cccc2c1NCC2. The summed E-state index contributed by atoms with van der Waals surface area (Å²) < 4.78 is 0. The molecule has 2 rings (SSSR count). The number of rotatable bonds is 4. The van der Waals surface area contributed by atoms with Gasteiger partial charge in [0.2, 0.25) is 0 Å². The summed E-state index contributed by atoms with van der Waals surface area (Å²) in [5.74, 6) is 0. The zero-order chi connectivity index (χ0) is 11.6. The minimum absolute atomic E-state index is 0.224. The first-order chi connectivity index (χ1) is 7.62. The van der Waals surface area contributed by atoms with Crippen molar-refractivity contribution in [2.45, 2.75) is 45.7 Å². The monoisotopic (exact) mass is 218 g/mol. The molecule has 2 nitrogen and oxygen atoms in total. The first-order valence-electron chi connectivity index (χ1n) is 6.22. The van der Waals surface area contributed by atoms with Crippen LogP contribution in [0.2, 0.25) is 0 Å². The maximum Gasteiger partial charge on any atom is 0.0419 e. The normalized spacial score (nSPS) is 14.7. The Morgan fingerprint density at radius 1 is 1.38 bits per heavy atom. The molecule has 0 atom stereocenters. The molecule has 0 aliphatic carbocycles. The van der Waals surface area contributed by atoms with Crippen molar-refractivity contribution in [2.75, 3.05) is 11.9 Å². The van der Waals surface area contributed by atoms with Crippen LogP contribution in [0.3, 0.4) is 0 Å². The van der Waals surface area contributed by atoms with Crippen LogP contribution < -0.4 is 10.6 Å². The lowest BCUT2D eigenvalue weighted by Crippen LogP contribution is -2.37. The molecule has 0 radical (unpaired) electrons. The van der Waals surface area contributed by atoms with Gasteiger partial charge in [-0.05, 0) is 37.8 Å². The van der Waals surface area contributed by atoms with Crippen LogP contribution in [0, 0.1) is 0 Å². The molecule has 1 aromatic carbocycles. The number of hydrogen-bond acceptors (Lipinski definition) is 2. The van der Waals surface area contributed by atoms with Crippen molar-refractivity contribution in [3.05, 3.63) is 29.3 Å². The number of hydrogen-bond donors (Lipinski definition) is 2. The maximum atomic E-state index is 3.61. The van der Waals surface area contributed by atoms with Crippen molar-refractivity contribution < 1.29 is 0 Å². The van der Waals surface area contributed by atoms with Gasteiger partial charge in [-0.2, -0.15) is 0 Å². The number of benzene rings is 1. The lowest BCUT2D eigenvalue weighted by molar-refractivity contribution is 0.375. The number of fused-ring (bicyclic) bond motifs is 1. The second-order valence-corrected chi connectivity index (χ2v) is 5.22. The summed E-state index contributed by atoms with van der Waals surface area (Å²) in [5.41, 5.74) is 4.45. The molecule has 2 N–H and O–H groups in total. The second kappa shape index (κ2) is 4.46. The van der Waals surface area contributed by atoms with Crippen LogP contribution in [0.4, 0.5) is 5.69 Å². The van der Waals surface area contributed by atoms with Gasteiger partial charge in [-0.25, -0.2) is 0 Å². The molecule has 88 valence electrons. The first kappa shape index (κ1) is 11.5. The fourth-order valence-electron chi connectivity index (χ4n) is 2.02. The van der Waals surface area contributed by atoms with Gasteiger partial charge in [0.05, 0.1) is 0 Å². The Hall–Kier alpha value is -1.02. The molecule has 2 heteroatoms. The smallest absolute Gasteiger partial charge is 0.0419 e. The Kier molecular flexibility index (Phi) is 3.20.